The SMILES string of the molecule is CC(C)C(=O)Nc1ccc(C(=O)Nc2ccn(C3CCC(OC4OC(C)C(N(C)C)C(O)C4O)C(C)O3)c(=O)n2)cc1. The van der Waals surface area contributed by atoms with Crippen LogP contribution in [0.2, 0.25) is 0 Å². The Labute approximate surface area is 244 Å². The summed E-state index contributed by atoms with van der Waals surface area (Å²) in [6, 6.07) is 7.54. The fourth-order valence-corrected chi connectivity index (χ4v) is 5.23. The summed E-state index contributed by atoms with van der Waals surface area (Å²) in [5.41, 5.74) is 0.326. The van der Waals surface area contributed by atoms with Crippen molar-refractivity contribution in [1.82, 2.24) is 14.5 Å². The van der Waals surface area contributed by atoms with Gasteiger partial charge in [-0.3, -0.25) is 14.2 Å². The van der Waals surface area contributed by atoms with Gasteiger partial charge in [0, 0.05) is 23.4 Å². The van der Waals surface area contributed by atoms with E-state index in [2.05, 4.69) is 15.6 Å². The predicted molar refractivity (Wildman–Crippen MR) is 154 cm³/mol. The molecule has 1 aromatic carbocycles. The summed E-state index contributed by atoms with van der Waals surface area (Å²) < 4.78 is 19.3. The molecule has 4 rings (SSSR count). The normalized spacial score (nSPS) is 29.9. The molecule has 0 spiro atoms. The Balaban J connectivity index is 1.33. The van der Waals surface area contributed by atoms with Gasteiger partial charge < -0.3 is 40.0 Å². The van der Waals surface area contributed by atoms with Crippen molar-refractivity contribution in [3.05, 3.63) is 52.6 Å². The third-order valence-electron chi connectivity index (χ3n) is 7.63. The molecule has 4 N–H and O–H groups in total. The van der Waals surface area contributed by atoms with E-state index >= 15 is 0 Å². The minimum atomic E-state index is -1.23. The number of aliphatic hydroxyl groups is 2. The number of rotatable bonds is 8. The average molecular weight is 588 g/mol. The predicted octanol–water partition coefficient (Wildman–Crippen LogP) is 1.57. The molecule has 1 aromatic heterocycles. The minimum absolute atomic E-state index is 0.0932. The van der Waals surface area contributed by atoms with Crippen molar-refractivity contribution >= 4 is 23.3 Å². The third-order valence-corrected chi connectivity index (χ3v) is 7.63. The quantitative estimate of drug-likeness (QED) is 0.356. The average Bonchev–Trinajstić information content (AvgIpc) is 2.92. The van der Waals surface area contributed by atoms with Crippen molar-refractivity contribution in [2.45, 2.75) is 89.6 Å². The van der Waals surface area contributed by atoms with Crippen LogP contribution in [0.4, 0.5) is 11.5 Å². The van der Waals surface area contributed by atoms with Crippen LogP contribution in [0.3, 0.4) is 0 Å². The number of nitrogens with one attached hydrogen (secondary N) is 2. The fourth-order valence-electron chi connectivity index (χ4n) is 5.23. The summed E-state index contributed by atoms with van der Waals surface area (Å²) in [6.07, 6.45) is -2.65. The highest BCUT2D eigenvalue weighted by Crippen LogP contribution is 2.32. The topological polar surface area (TPSA) is 164 Å². The van der Waals surface area contributed by atoms with E-state index in [0.717, 1.165) is 0 Å². The van der Waals surface area contributed by atoms with Crippen LogP contribution in [0.1, 0.15) is 57.1 Å². The minimum Gasteiger partial charge on any atom is -0.388 e. The lowest BCUT2D eigenvalue weighted by atomic mass is 9.96. The van der Waals surface area contributed by atoms with Crippen molar-refractivity contribution in [3.63, 3.8) is 0 Å². The van der Waals surface area contributed by atoms with Gasteiger partial charge in [0.2, 0.25) is 5.91 Å². The van der Waals surface area contributed by atoms with E-state index in [9.17, 15) is 24.6 Å². The molecule has 0 bridgehead atoms. The molecule has 2 aromatic rings. The highest BCUT2D eigenvalue weighted by atomic mass is 16.7. The number of ether oxygens (including phenoxy) is 3. The van der Waals surface area contributed by atoms with E-state index in [0.29, 0.717) is 24.1 Å². The molecule has 0 radical (unpaired) electrons. The number of anilines is 2. The van der Waals surface area contributed by atoms with Gasteiger partial charge in [-0.25, -0.2) is 4.79 Å². The van der Waals surface area contributed by atoms with E-state index in [-0.39, 0.29) is 29.8 Å². The van der Waals surface area contributed by atoms with Gasteiger partial charge in [0.05, 0.1) is 24.4 Å². The second kappa shape index (κ2) is 13.4. The molecule has 0 saturated carbocycles. The first-order valence-electron chi connectivity index (χ1n) is 14.2. The second-order valence-corrected chi connectivity index (χ2v) is 11.4. The fraction of sp³-hybridized carbons (Fsp3) is 0.586. The van der Waals surface area contributed by atoms with Crippen molar-refractivity contribution in [3.8, 4) is 0 Å². The number of amides is 2. The van der Waals surface area contributed by atoms with Crippen LogP contribution in [-0.4, -0.2) is 93.4 Å². The van der Waals surface area contributed by atoms with Crippen molar-refractivity contribution in [1.29, 1.82) is 0 Å². The molecule has 2 amide bonds. The molecule has 8 atom stereocenters. The molecule has 2 fully saturated rings. The number of aliphatic hydroxyl groups excluding tert-OH is 2. The lowest BCUT2D eigenvalue weighted by Gasteiger charge is -2.46. The number of nitrogens with zero attached hydrogens (tertiary/aromatic N) is 3. The summed E-state index contributed by atoms with van der Waals surface area (Å²) >= 11 is 0. The monoisotopic (exact) mass is 587 g/mol. The smallest absolute Gasteiger partial charge is 0.351 e. The van der Waals surface area contributed by atoms with Crippen LogP contribution in [0, 0.1) is 5.92 Å². The van der Waals surface area contributed by atoms with Crippen molar-refractivity contribution < 1.29 is 34.0 Å². The summed E-state index contributed by atoms with van der Waals surface area (Å²) in [5, 5.41) is 26.6. The van der Waals surface area contributed by atoms with E-state index in [1.807, 2.05) is 25.9 Å². The Kier molecular flexibility index (Phi) is 10.1. The lowest BCUT2D eigenvalue weighted by Crippen LogP contribution is -2.62. The van der Waals surface area contributed by atoms with Crippen LogP contribution >= 0.6 is 0 Å². The van der Waals surface area contributed by atoms with Gasteiger partial charge in [-0.2, -0.15) is 4.98 Å². The number of aromatic nitrogens is 2. The molecule has 0 aliphatic carbocycles. The van der Waals surface area contributed by atoms with Crippen LogP contribution in [0.5, 0.6) is 0 Å². The number of likely N-dealkylation sites (N-methyl/N-ethyl adjacent to an activating group) is 1. The maximum atomic E-state index is 12.8. The molecule has 230 valence electrons. The van der Waals surface area contributed by atoms with E-state index < -0.39 is 48.5 Å². The molecule has 2 aliphatic rings. The number of hydrogen-bond acceptors (Lipinski definition) is 10. The summed E-state index contributed by atoms with van der Waals surface area (Å²) in [5.74, 6) is -0.650. The molecule has 13 nitrogen and oxygen atoms in total. The van der Waals surface area contributed by atoms with Gasteiger partial charge in [-0.05, 0) is 71.1 Å². The van der Waals surface area contributed by atoms with Crippen LogP contribution in [0.25, 0.3) is 0 Å². The first kappa shape index (κ1) is 31.7. The largest absolute Gasteiger partial charge is 0.388 e. The Hall–Kier alpha value is -3.20. The highest BCUT2D eigenvalue weighted by molar-refractivity contribution is 6.04. The first-order chi connectivity index (χ1) is 19.8. The summed E-state index contributed by atoms with van der Waals surface area (Å²) in [7, 11) is 3.62. The zero-order chi connectivity index (χ0) is 30.7. The molecule has 2 saturated heterocycles. The van der Waals surface area contributed by atoms with Gasteiger partial charge in [0.25, 0.3) is 5.91 Å². The molecule has 3 heterocycles. The van der Waals surface area contributed by atoms with Gasteiger partial charge in [-0.15, -0.1) is 0 Å². The molecule has 42 heavy (non-hydrogen) atoms. The molecular weight excluding hydrogens is 546 g/mol. The maximum Gasteiger partial charge on any atom is 0.351 e. The van der Waals surface area contributed by atoms with Crippen molar-refractivity contribution in [2.24, 2.45) is 5.92 Å². The number of carbonyl (C=O) groups is 2. The van der Waals surface area contributed by atoms with Gasteiger partial charge in [0.15, 0.2) is 6.29 Å². The van der Waals surface area contributed by atoms with Crippen molar-refractivity contribution in [2.75, 3.05) is 24.7 Å². The van der Waals surface area contributed by atoms with Gasteiger partial charge in [0.1, 0.15) is 24.3 Å². The van der Waals surface area contributed by atoms with Crippen LogP contribution < -0.4 is 16.3 Å². The second-order valence-electron chi connectivity index (χ2n) is 11.4. The Morgan fingerprint density at radius 3 is 2.31 bits per heavy atom. The zero-order valence-electron chi connectivity index (χ0n) is 24.8. The number of benzene rings is 1. The molecular formula is C29H41N5O8. The van der Waals surface area contributed by atoms with Crippen LogP contribution in [-0.2, 0) is 19.0 Å². The first-order valence-corrected chi connectivity index (χ1v) is 14.2. The van der Waals surface area contributed by atoms with Gasteiger partial charge >= 0.3 is 5.69 Å². The Bertz CT molecular complexity index is 1300. The Morgan fingerprint density at radius 2 is 1.71 bits per heavy atom. The number of hydrogen-bond donors (Lipinski definition) is 4. The summed E-state index contributed by atoms with van der Waals surface area (Å²) in [6.45, 7) is 7.21. The molecule has 2 aliphatic heterocycles. The molecule has 8 unspecified atom stereocenters. The van der Waals surface area contributed by atoms with E-state index in [1.165, 1.54) is 16.8 Å². The van der Waals surface area contributed by atoms with E-state index in [4.69, 9.17) is 14.2 Å². The third kappa shape index (κ3) is 7.22. The van der Waals surface area contributed by atoms with Crippen LogP contribution in [0.15, 0.2) is 41.3 Å². The maximum absolute atomic E-state index is 12.8. The Morgan fingerprint density at radius 1 is 1.02 bits per heavy atom. The molecule has 13 heteroatoms. The lowest BCUT2D eigenvalue weighted by molar-refractivity contribution is -0.310. The van der Waals surface area contributed by atoms with E-state index in [1.54, 1.807) is 45.0 Å². The van der Waals surface area contributed by atoms with Gasteiger partial charge in [-0.1, -0.05) is 13.8 Å². The highest BCUT2D eigenvalue weighted by Gasteiger charge is 2.46. The number of carbonyl (C=O) groups excluding carboxylic acids is 2. The zero-order valence-corrected chi connectivity index (χ0v) is 24.8. The summed E-state index contributed by atoms with van der Waals surface area (Å²) in [4.78, 5) is 43.2. The standard InChI is InChI=1S/C29H41N5O8/c1-15(2)26(37)30-19-9-7-18(8-10-19)27(38)31-21-13-14-34(29(39)32-21)22-12-11-20(16(3)40-22)42-28-25(36)24(35)23(33(5)6)17(4)41-28/h7-10,13-17,20,22-25,28,35-36H,11-12H2,1-6H3,(H,30,37)(H,31,32,38,39).